The molecule has 0 radical (unpaired) electrons. The summed E-state index contributed by atoms with van der Waals surface area (Å²) in [4.78, 5) is 22.4. The maximum Gasteiger partial charge on any atom is 0.182 e. The molecule has 0 aromatic heterocycles. The van der Waals surface area contributed by atoms with Gasteiger partial charge in [0.1, 0.15) is 6.29 Å². The Morgan fingerprint density at radius 1 is 1.00 bits per heavy atom. The molecule has 0 aliphatic rings. The summed E-state index contributed by atoms with van der Waals surface area (Å²) in [5.41, 5.74) is 0.211. The van der Waals surface area contributed by atoms with Gasteiger partial charge >= 0.3 is 0 Å². The van der Waals surface area contributed by atoms with E-state index in [-0.39, 0.29) is 16.6 Å². The van der Waals surface area contributed by atoms with E-state index < -0.39 is 0 Å². The Morgan fingerprint density at radius 2 is 1.50 bits per heavy atom. The van der Waals surface area contributed by atoms with Gasteiger partial charge in [-0.25, -0.2) is 0 Å². The van der Waals surface area contributed by atoms with Crippen molar-refractivity contribution in [3.63, 3.8) is 0 Å². The van der Waals surface area contributed by atoms with Crippen LogP contribution >= 0.6 is 0 Å². The highest BCUT2D eigenvalue weighted by molar-refractivity contribution is 6.06. The molecule has 90 valence electrons. The lowest BCUT2D eigenvalue weighted by Crippen LogP contribution is -2.17. The number of hydrogen-bond donors (Lipinski definition) is 0. The summed E-state index contributed by atoms with van der Waals surface area (Å²) in [7, 11) is 0. The molecule has 0 saturated heterocycles. The Hall–Kier alpha value is -1.18. The Labute approximate surface area is 98.4 Å². The fourth-order valence-electron chi connectivity index (χ4n) is 1.19. The molecule has 0 aromatic rings. The van der Waals surface area contributed by atoms with Gasteiger partial charge < -0.3 is 0 Å². The summed E-state index contributed by atoms with van der Waals surface area (Å²) in [5.74, 6) is -0.0884. The van der Waals surface area contributed by atoms with E-state index in [1.54, 1.807) is 6.08 Å². The van der Waals surface area contributed by atoms with Crippen LogP contribution < -0.4 is 0 Å². The average Bonchev–Trinajstić information content (AvgIpc) is 2.07. The molecule has 0 heterocycles. The molecular weight excluding hydrogens is 200 g/mol. The van der Waals surface area contributed by atoms with Crippen molar-refractivity contribution < 1.29 is 9.59 Å². The molecule has 0 fully saturated rings. The van der Waals surface area contributed by atoms with Crippen LogP contribution in [-0.4, -0.2) is 12.1 Å². The van der Waals surface area contributed by atoms with Crippen molar-refractivity contribution >= 4 is 12.1 Å². The molecule has 0 aromatic carbocycles. The number of aldehydes is 1. The van der Waals surface area contributed by atoms with Crippen molar-refractivity contribution in [3.05, 3.63) is 23.8 Å². The van der Waals surface area contributed by atoms with E-state index in [0.717, 1.165) is 0 Å². The zero-order valence-electron chi connectivity index (χ0n) is 11.1. The molecule has 0 aliphatic heterocycles. The van der Waals surface area contributed by atoms with Gasteiger partial charge in [0.05, 0.1) is 0 Å². The van der Waals surface area contributed by atoms with Crippen LogP contribution in [0.4, 0.5) is 0 Å². The Kier molecular flexibility index (Phi) is 4.85. The van der Waals surface area contributed by atoms with Crippen molar-refractivity contribution in [1.82, 2.24) is 0 Å². The highest BCUT2D eigenvalue weighted by atomic mass is 16.1. The molecule has 0 bridgehead atoms. The lowest BCUT2D eigenvalue weighted by atomic mass is 9.83. The molecule has 2 heteroatoms. The number of rotatable bonds is 3. The SMILES string of the molecule is CC(C)(C)/C=C/C(=O)/C(=C\C=O)C(C)(C)C. The summed E-state index contributed by atoms with van der Waals surface area (Å²) in [6.45, 7) is 11.8. The van der Waals surface area contributed by atoms with E-state index in [0.29, 0.717) is 11.9 Å². The van der Waals surface area contributed by atoms with E-state index >= 15 is 0 Å². The first-order valence-corrected chi connectivity index (χ1v) is 5.47. The highest BCUT2D eigenvalue weighted by Gasteiger charge is 2.22. The van der Waals surface area contributed by atoms with Crippen molar-refractivity contribution in [3.8, 4) is 0 Å². The zero-order valence-corrected chi connectivity index (χ0v) is 11.1. The van der Waals surface area contributed by atoms with Gasteiger partial charge in [-0.15, -0.1) is 0 Å². The summed E-state index contributed by atoms with van der Waals surface area (Å²) in [6.07, 6.45) is 5.44. The van der Waals surface area contributed by atoms with E-state index in [9.17, 15) is 9.59 Å². The van der Waals surface area contributed by atoms with E-state index in [4.69, 9.17) is 0 Å². The summed E-state index contributed by atoms with van der Waals surface area (Å²) < 4.78 is 0. The summed E-state index contributed by atoms with van der Waals surface area (Å²) in [6, 6.07) is 0. The van der Waals surface area contributed by atoms with Crippen LogP contribution in [0.15, 0.2) is 23.8 Å². The number of carbonyl (C=O) groups is 2. The van der Waals surface area contributed by atoms with Gasteiger partial charge in [-0.2, -0.15) is 0 Å². The van der Waals surface area contributed by atoms with Gasteiger partial charge in [0, 0.05) is 5.57 Å². The molecule has 0 saturated carbocycles. The Morgan fingerprint density at radius 3 is 1.81 bits per heavy atom. The second kappa shape index (κ2) is 5.24. The number of allylic oxidation sites excluding steroid dienone is 4. The van der Waals surface area contributed by atoms with Gasteiger partial charge in [0.15, 0.2) is 5.78 Å². The minimum Gasteiger partial charge on any atom is -0.299 e. The van der Waals surface area contributed by atoms with Gasteiger partial charge in [-0.1, -0.05) is 47.6 Å². The molecule has 0 aliphatic carbocycles. The van der Waals surface area contributed by atoms with Crippen molar-refractivity contribution in [1.29, 1.82) is 0 Å². The summed E-state index contributed by atoms with van der Waals surface area (Å²) in [5, 5.41) is 0. The summed E-state index contributed by atoms with van der Waals surface area (Å²) >= 11 is 0. The third-order valence-electron chi connectivity index (χ3n) is 2.04. The van der Waals surface area contributed by atoms with Crippen LogP contribution in [0.1, 0.15) is 41.5 Å². The van der Waals surface area contributed by atoms with Crippen molar-refractivity contribution in [2.75, 3.05) is 0 Å². The second-order valence-electron chi connectivity index (χ2n) is 6.03. The largest absolute Gasteiger partial charge is 0.299 e. The predicted molar refractivity (Wildman–Crippen MR) is 67.2 cm³/mol. The lowest BCUT2D eigenvalue weighted by molar-refractivity contribution is -0.112. The van der Waals surface area contributed by atoms with Crippen LogP contribution in [0.25, 0.3) is 0 Å². The minimum atomic E-state index is -0.305. The minimum absolute atomic E-state index is 0.0279. The number of ketones is 1. The van der Waals surface area contributed by atoms with Gasteiger partial charge in [-0.05, 0) is 23.0 Å². The quantitative estimate of drug-likeness (QED) is 0.542. The van der Waals surface area contributed by atoms with Crippen molar-refractivity contribution in [2.24, 2.45) is 10.8 Å². The van der Waals surface area contributed by atoms with Gasteiger partial charge in [-0.3, -0.25) is 9.59 Å². The molecule has 0 amide bonds. The monoisotopic (exact) mass is 222 g/mol. The molecule has 2 nitrogen and oxygen atoms in total. The Bertz CT molecular complexity index is 320. The first kappa shape index (κ1) is 14.8. The molecule has 0 rings (SSSR count). The van der Waals surface area contributed by atoms with Crippen molar-refractivity contribution in [2.45, 2.75) is 41.5 Å². The first-order chi connectivity index (χ1) is 7.08. The molecule has 0 spiro atoms. The number of hydrogen-bond acceptors (Lipinski definition) is 2. The van der Waals surface area contributed by atoms with Crippen LogP contribution in [0.2, 0.25) is 0 Å². The standard InChI is InChI=1S/C14H22O2/c1-13(2,3)9-7-12(16)11(8-10-15)14(4,5)6/h7-10H,1-6H3/b9-7+,11-8+. The molecular formula is C14H22O2. The first-order valence-electron chi connectivity index (χ1n) is 5.47. The maximum absolute atomic E-state index is 11.9. The predicted octanol–water partition coefficient (Wildman–Crippen LogP) is 3.33. The Balaban J connectivity index is 5.02. The van der Waals surface area contributed by atoms with E-state index in [2.05, 4.69) is 0 Å². The molecule has 0 N–H and O–H groups in total. The van der Waals surface area contributed by atoms with Crippen LogP contribution in [-0.2, 0) is 9.59 Å². The molecule has 0 atom stereocenters. The topological polar surface area (TPSA) is 34.1 Å². The zero-order chi connectivity index (χ0) is 13.0. The smallest absolute Gasteiger partial charge is 0.182 e. The average molecular weight is 222 g/mol. The lowest BCUT2D eigenvalue weighted by Gasteiger charge is -2.20. The van der Waals surface area contributed by atoms with Gasteiger partial charge in [0.25, 0.3) is 0 Å². The maximum atomic E-state index is 11.9. The van der Waals surface area contributed by atoms with Crippen LogP contribution in [0.3, 0.4) is 0 Å². The number of carbonyl (C=O) groups excluding carboxylic acids is 2. The van der Waals surface area contributed by atoms with Gasteiger partial charge in [0.2, 0.25) is 0 Å². The van der Waals surface area contributed by atoms with E-state index in [1.165, 1.54) is 6.08 Å². The normalized spacial score (nSPS) is 14.2. The van der Waals surface area contributed by atoms with Crippen LogP contribution in [0, 0.1) is 10.8 Å². The van der Waals surface area contributed by atoms with Crippen LogP contribution in [0.5, 0.6) is 0 Å². The highest BCUT2D eigenvalue weighted by Crippen LogP contribution is 2.26. The third kappa shape index (κ3) is 5.64. The second-order valence-corrected chi connectivity index (χ2v) is 6.03. The van der Waals surface area contributed by atoms with E-state index in [1.807, 2.05) is 47.6 Å². The fourth-order valence-corrected chi connectivity index (χ4v) is 1.19. The molecule has 0 unspecified atom stereocenters. The fraction of sp³-hybridized carbons (Fsp3) is 0.571. The molecule has 16 heavy (non-hydrogen) atoms. The third-order valence-corrected chi connectivity index (χ3v) is 2.04.